The van der Waals surface area contributed by atoms with Crippen LogP contribution in [0.15, 0.2) is 60.7 Å². The SMILES string of the molecule is C[C@@H]([C@@H](O)OC(c1ccccc1)c1ccccc1)N1CCOCC1. The Kier molecular flexibility index (Phi) is 5.99. The normalized spacial score (nSPS) is 18.5. The Hall–Kier alpha value is -1.72. The Morgan fingerprint density at radius 2 is 1.42 bits per heavy atom. The van der Waals surface area contributed by atoms with Crippen LogP contribution in [0.2, 0.25) is 0 Å². The second-order valence-electron chi connectivity index (χ2n) is 6.12. The number of nitrogens with zero attached hydrogens (tertiary/aromatic N) is 1. The van der Waals surface area contributed by atoms with E-state index in [0.717, 1.165) is 24.2 Å². The summed E-state index contributed by atoms with van der Waals surface area (Å²) in [7, 11) is 0. The molecule has 0 aromatic heterocycles. The largest absolute Gasteiger partial charge is 0.379 e. The molecule has 2 aromatic carbocycles. The minimum Gasteiger partial charge on any atom is -0.379 e. The van der Waals surface area contributed by atoms with Gasteiger partial charge in [-0.05, 0) is 18.1 Å². The van der Waals surface area contributed by atoms with Gasteiger partial charge in [-0.3, -0.25) is 4.90 Å². The molecule has 0 saturated carbocycles. The maximum atomic E-state index is 10.7. The predicted molar refractivity (Wildman–Crippen MR) is 93.7 cm³/mol. The number of hydrogen-bond donors (Lipinski definition) is 1. The Balaban J connectivity index is 1.76. The van der Waals surface area contributed by atoms with Crippen molar-refractivity contribution in [2.24, 2.45) is 0 Å². The summed E-state index contributed by atoms with van der Waals surface area (Å²) in [5.41, 5.74) is 2.08. The second kappa shape index (κ2) is 8.40. The van der Waals surface area contributed by atoms with Gasteiger partial charge in [0.2, 0.25) is 0 Å². The minimum absolute atomic E-state index is 0.0798. The van der Waals surface area contributed by atoms with Crippen molar-refractivity contribution in [3.05, 3.63) is 71.8 Å². The van der Waals surface area contributed by atoms with Gasteiger partial charge in [0.1, 0.15) is 6.10 Å². The summed E-state index contributed by atoms with van der Waals surface area (Å²) in [6.07, 6.45) is -1.15. The van der Waals surface area contributed by atoms with Gasteiger partial charge < -0.3 is 14.6 Å². The Bertz CT molecular complexity index is 559. The highest BCUT2D eigenvalue weighted by molar-refractivity contribution is 5.29. The zero-order valence-electron chi connectivity index (χ0n) is 14.0. The molecule has 4 heteroatoms. The second-order valence-corrected chi connectivity index (χ2v) is 6.12. The van der Waals surface area contributed by atoms with E-state index in [2.05, 4.69) is 4.90 Å². The first-order valence-electron chi connectivity index (χ1n) is 8.51. The van der Waals surface area contributed by atoms with Crippen molar-refractivity contribution in [2.45, 2.75) is 25.4 Å². The van der Waals surface area contributed by atoms with Crippen LogP contribution in [0.5, 0.6) is 0 Å². The zero-order valence-corrected chi connectivity index (χ0v) is 14.0. The van der Waals surface area contributed by atoms with Crippen molar-refractivity contribution in [3.63, 3.8) is 0 Å². The quantitative estimate of drug-likeness (QED) is 0.829. The van der Waals surface area contributed by atoms with Crippen LogP contribution in [-0.4, -0.2) is 48.6 Å². The highest BCUT2D eigenvalue weighted by Gasteiger charge is 2.27. The summed E-state index contributed by atoms with van der Waals surface area (Å²) in [5.74, 6) is 0. The molecule has 2 atom stereocenters. The van der Waals surface area contributed by atoms with E-state index in [1.807, 2.05) is 67.6 Å². The average Bonchev–Trinajstić information content (AvgIpc) is 2.67. The number of benzene rings is 2. The molecular weight excluding hydrogens is 302 g/mol. The molecule has 4 nitrogen and oxygen atoms in total. The molecule has 1 fully saturated rings. The van der Waals surface area contributed by atoms with Crippen LogP contribution in [0.1, 0.15) is 24.2 Å². The van der Waals surface area contributed by atoms with E-state index < -0.39 is 6.29 Å². The van der Waals surface area contributed by atoms with Crippen molar-refractivity contribution in [3.8, 4) is 0 Å². The van der Waals surface area contributed by atoms with Crippen LogP contribution in [0.3, 0.4) is 0 Å². The van der Waals surface area contributed by atoms with Crippen molar-refractivity contribution < 1.29 is 14.6 Å². The molecule has 1 aliphatic rings. The van der Waals surface area contributed by atoms with Gasteiger partial charge in [0.25, 0.3) is 0 Å². The fourth-order valence-corrected chi connectivity index (χ4v) is 3.02. The molecule has 1 heterocycles. The van der Waals surface area contributed by atoms with Gasteiger partial charge in [0.05, 0.1) is 19.3 Å². The molecule has 1 aliphatic heterocycles. The molecule has 0 unspecified atom stereocenters. The first-order valence-corrected chi connectivity index (χ1v) is 8.51. The lowest BCUT2D eigenvalue weighted by Gasteiger charge is -2.36. The standard InChI is InChI=1S/C20H25NO3/c1-16(21-12-14-23-15-13-21)20(22)24-19(17-8-4-2-5-9-17)18-10-6-3-7-11-18/h2-11,16,19-20,22H,12-15H2,1H3/t16-,20-/m0/s1. The van der Waals surface area contributed by atoms with Crippen molar-refractivity contribution in [1.29, 1.82) is 0 Å². The topological polar surface area (TPSA) is 41.9 Å². The molecule has 0 radical (unpaired) electrons. The summed E-state index contributed by atoms with van der Waals surface area (Å²) < 4.78 is 11.5. The molecule has 24 heavy (non-hydrogen) atoms. The van der Waals surface area contributed by atoms with Crippen LogP contribution >= 0.6 is 0 Å². The van der Waals surface area contributed by atoms with Gasteiger partial charge in [0, 0.05) is 13.1 Å². The predicted octanol–water partition coefficient (Wildman–Crippen LogP) is 2.83. The molecule has 0 amide bonds. The van der Waals surface area contributed by atoms with E-state index in [9.17, 15) is 5.11 Å². The fourth-order valence-electron chi connectivity index (χ4n) is 3.02. The van der Waals surface area contributed by atoms with Crippen LogP contribution < -0.4 is 0 Å². The van der Waals surface area contributed by atoms with E-state index in [1.54, 1.807) is 0 Å². The maximum absolute atomic E-state index is 10.7. The van der Waals surface area contributed by atoms with E-state index in [4.69, 9.17) is 9.47 Å². The molecule has 1 N–H and O–H groups in total. The number of hydrogen-bond acceptors (Lipinski definition) is 4. The summed E-state index contributed by atoms with van der Waals surface area (Å²) in [6.45, 7) is 5.06. The Morgan fingerprint density at radius 1 is 0.917 bits per heavy atom. The number of rotatable bonds is 6. The van der Waals surface area contributed by atoms with Crippen molar-refractivity contribution >= 4 is 0 Å². The number of aliphatic hydroxyl groups is 1. The van der Waals surface area contributed by atoms with E-state index in [0.29, 0.717) is 13.2 Å². The van der Waals surface area contributed by atoms with Crippen LogP contribution in [0.4, 0.5) is 0 Å². The molecule has 1 saturated heterocycles. The summed E-state index contributed by atoms with van der Waals surface area (Å²) in [5, 5.41) is 10.7. The van der Waals surface area contributed by atoms with E-state index >= 15 is 0 Å². The maximum Gasteiger partial charge on any atom is 0.171 e. The first kappa shape index (κ1) is 17.1. The zero-order chi connectivity index (χ0) is 16.8. The Labute approximate surface area is 143 Å². The molecule has 0 aliphatic carbocycles. The van der Waals surface area contributed by atoms with Crippen molar-refractivity contribution in [2.75, 3.05) is 26.3 Å². The summed E-state index contributed by atoms with van der Waals surface area (Å²) >= 11 is 0. The number of ether oxygens (including phenoxy) is 2. The molecule has 0 spiro atoms. The van der Waals surface area contributed by atoms with Gasteiger partial charge in [-0.25, -0.2) is 0 Å². The van der Waals surface area contributed by atoms with E-state index in [1.165, 1.54) is 0 Å². The highest BCUT2D eigenvalue weighted by Crippen LogP contribution is 2.28. The molecule has 128 valence electrons. The van der Waals surface area contributed by atoms with Crippen molar-refractivity contribution in [1.82, 2.24) is 4.90 Å². The van der Waals surface area contributed by atoms with Crippen LogP contribution in [0.25, 0.3) is 0 Å². The fraction of sp³-hybridized carbons (Fsp3) is 0.400. The van der Waals surface area contributed by atoms with Gasteiger partial charge in [0.15, 0.2) is 6.29 Å². The van der Waals surface area contributed by atoms with E-state index in [-0.39, 0.29) is 12.1 Å². The van der Waals surface area contributed by atoms with Crippen LogP contribution in [-0.2, 0) is 9.47 Å². The van der Waals surface area contributed by atoms with Gasteiger partial charge in [-0.15, -0.1) is 0 Å². The number of morpholine rings is 1. The molecular formula is C20H25NO3. The third-order valence-corrected chi connectivity index (χ3v) is 4.51. The monoisotopic (exact) mass is 327 g/mol. The van der Waals surface area contributed by atoms with Gasteiger partial charge in [-0.2, -0.15) is 0 Å². The van der Waals surface area contributed by atoms with Gasteiger partial charge >= 0.3 is 0 Å². The third-order valence-electron chi connectivity index (χ3n) is 4.51. The third kappa shape index (κ3) is 4.22. The number of aliphatic hydroxyl groups excluding tert-OH is 1. The highest BCUT2D eigenvalue weighted by atomic mass is 16.6. The van der Waals surface area contributed by atoms with Crippen LogP contribution in [0, 0.1) is 0 Å². The lowest BCUT2D eigenvalue weighted by Crippen LogP contribution is -2.48. The summed E-state index contributed by atoms with van der Waals surface area (Å²) in [4.78, 5) is 2.21. The summed E-state index contributed by atoms with van der Waals surface area (Å²) in [6, 6.07) is 20.0. The lowest BCUT2D eigenvalue weighted by atomic mass is 10.0. The molecule has 0 bridgehead atoms. The average molecular weight is 327 g/mol. The first-order chi connectivity index (χ1) is 11.8. The molecule has 2 aromatic rings. The lowest BCUT2D eigenvalue weighted by molar-refractivity contribution is -0.168. The van der Waals surface area contributed by atoms with Gasteiger partial charge in [-0.1, -0.05) is 60.7 Å². The molecule has 3 rings (SSSR count). The minimum atomic E-state index is -0.867. The Morgan fingerprint density at radius 3 is 1.92 bits per heavy atom. The smallest absolute Gasteiger partial charge is 0.171 e.